The first-order valence-electron chi connectivity index (χ1n) is 9.45. The largest absolute Gasteiger partial charge is 0.353 e. The first-order valence-corrected chi connectivity index (χ1v) is 9.45. The maximum Gasteiger partial charge on any atom is 0.129 e. The summed E-state index contributed by atoms with van der Waals surface area (Å²) in [5, 5.41) is 3.60. The van der Waals surface area contributed by atoms with Crippen LogP contribution in [0.25, 0.3) is 0 Å². The van der Waals surface area contributed by atoms with Gasteiger partial charge in [0.25, 0.3) is 0 Å². The van der Waals surface area contributed by atoms with Crippen molar-refractivity contribution in [2.75, 3.05) is 11.4 Å². The molecule has 3 nitrogen and oxygen atoms in total. The Morgan fingerprint density at radius 3 is 2.32 bits per heavy atom. The van der Waals surface area contributed by atoms with Crippen LogP contribution < -0.4 is 10.2 Å². The van der Waals surface area contributed by atoms with E-state index in [1.807, 2.05) is 0 Å². The average molecular weight is 340 g/mol. The fourth-order valence-corrected chi connectivity index (χ4v) is 2.81. The number of anilines is 1. The van der Waals surface area contributed by atoms with Crippen LogP contribution in [0.15, 0.2) is 42.5 Å². The van der Waals surface area contributed by atoms with Crippen molar-refractivity contribution in [3.63, 3.8) is 0 Å². The van der Waals surface area contributed by atoms with E-state index < -0.39 is 0 Å². The van der Waals surface area contributed by atoms with Crippen LogP contribution in [0, 0.1) is 0 Å². The van der Waals surface area contributed by atoms with Gasteiger partial charge in [-0.1, -0.05) is 43.7 Å². The van der Waals surface area contributed by atoms with E-state index in [1.165, 1.54) is 16.8 Å². The van der Waals surface area contributed by atoms with Crippen LogP contribution in [0.1, 0.15) is 57.9 Å². The Morgan fingerprint density at radius 2 is 1.72 bits per heavy atom. The van der Waals surface area contributed by atoms with E-state index >= 15 is 0 Å². The van der Waals surface area contributed by atoms with Crippen molar-refractivity contribution in [2.24, 2.45) is 0 Å². The molecule has 1 aromatic carbocycles. The first kappa shape index (κ1) is 19.5. The van der Waals surface area contributed by atoms with Gasteiger partial charge in [-0.3, -0.25) is 0 Å². The Labute approximate surface area is 153 Å². The zero-order valence-electron chi connectivity index (χ0n) is 16.5. The van der Waals surface area contributed by atoms with E-state index in [9.17, 15) is 0 Å². The zero-order valence-corrected chi connectivity index (χ0v) is 16.5. The SMILES string of the molecule is CCCc1cc(CNC(C)(C)C)cc(N(CC)Cc2ccccc2)n1. The average Bonchev–Trinajstić information content (AvgIpc) is 2.58. The summed E-state index contributed by atoms with van der Waals surface area (Å²) in [6, 6.07) is 15.1. The molecule has 0 atom stereocenters. The Kier molecular flexibility index (Phi) is 7.01. The number of hydrogen-bond acceptors (Lipinski definition) is 3. The van der Waals surface area contributed by atoms with Gasteiger partial charge in [-0.25, -0.2) is 4.98 Å². The number of rotatable bonds is 8. The summed E-state index contributed by atoms with van der Waals surface area (Å²) in [6.07, 6.45) is 2.15. The lowest BCUT2D eigenvalue weighted by Gasteiger charge is -2.25. The van der Waals surface area contributed by atoms with Gasteiger partial charge in [0.2, 0.25) is 0 Å². The summed E-state index contributed by atoms with van der Waals surface area (Å²) in [6.45, 7) is 13.7. The standard InChI is InChI=1S/C22H33N3/c1-6-11-20-14-19(16-23-22(3,4)5)15-21(24-20)25(7-2)17-18-12-9-8-10-13-18/h8-10,12-15,23H,6-7,11,16-17H2,1-5H3. The number of benzene rings is 1. The Morgan fingerprint density at radius 1 is 1.00 bits per heavy atom. The van der Waals surface area contributed by atoms with Crippen LogP contribution in [0.2, 0.25) is 0 Å². The number of aryl methyl sites for hydroxylation is 1. The van der Waals surface area contributed by atoms with E-state index in [0.29, 0.717) is 0 Å². The van der Waals surface area contributed by atoms with Crippen molar-refractivity contribution in [1.29, 1.82) is 0 Å². The minimum atomic E-state index is 0.114. The number of hydrogen-bond donors (Lipinski definition) is 1. The van der Waals surface area contributed by atoms with Crippen LogP contribution in [-0.2, 0) is 19.5 Å². The molecule has 0 unspecified atom stereocenters. The van der Waals surface area contributed by atoms with E-state index in [-0.39, 0.29) is 5.54 Å². The Balaban J connectivity index is 2.25. The van der Waals surface area contributed by atoms with Gasteiger partial charge < -0.3 is 10.2 Å². The molecule has 0 aliphatic heterocycles. The third kappa shape index (κ3) is 6.50. The molecule has 0 saturated heterocycles. The van der Waals surface area contributed by atoms with Crippen molar-refractivity contribution in [3.05, 3.63) is 59.3 Å². The zero-order chi connectivity index (χ0) is 18.3. The summed E-state index contributed by atoms with van der Waals surface area (Å²) in [5.74, 6) is 1.09. The molecule has 0 spiro atoms. The van der Waals surface area contributed by atoms with Crippen LogP contribution in [-0.4, -0.2) is 17.1 Å². The second kappa shape index (κ2) is 9.00. The predicted octanol–water partition coefficient (Wildman–Crippen LogP) is 4.95. The minimum Gasteiger partial charge on any atom is -0.353 e. The fraction of sp³-hybridized carbons (Fsp3) is 0.500. The van der Waals surface area contributed by atoms with Crippen LogP contribution in [0.3, 0.4) is 0 Å². The molecular weight excluding hydrogens is 306 g/mol. The molecule has 1 heterocycles. The first-order chi connectivity index (χ1) is 11.9. The third-order valence-corrected chi connectivity index (χ3v) is 4.18. The molecule has 2 rings (SSSR count). The molecule has 0 amide bonds. The summed E-state index contributed by atoms with van der Waals surface area (Å²) >= 11 is 0. The van der Waals surface area contributed by atoms with Crippen molar-refractivity contribution < 1.29 is 0 Å². The van der Waals surface area contributed by atoms with Crippen LogP contribution in [0.5, 0.6) is 0 Å². The highest BCUT2D eigenvalue weighted by Crippen LogP contribution is 2.19. The lowest BCUT2D eigenvalue weighted by Crippen LogP contribution is -2.35. The molecule has 0 aliphatic rings. The minimum absolute atomic E-state index is 0.114. The summed E-state index contributed by atoms with van der Waals surface area (Å²) in [4.78, 5) is 7.29. The second-order valence-corrected chi connectivity index (χ2v) is 7.68. The van der Waals surface area contributed by atoms with E-state index in [4.69, 9.17) is 4.98 Å². The summed E-state index contributed by atoms with van der Waals surface area (Å²) in [5.41, 5.74) is 3.94. The molecule has 25 heavy (non-hydrogen) atoms. The van der Waals surface area contributed by atoms with Gasteiger partial charge in [-0.15, -0.1) is 0 Å². The van der Waals surface area contributed by atoms with Gasteiger partial charge in [0.05, 0.1) is 0 Å². The molecular formula is C22H33N3. The quantitative estimate of drug-likeness (QED) is 0.737. The van der Waals surface area contributed by atoms with Gasteiger partial charge in [-0.05, 0) is 57.4 Å². The number of aromatic nitrogens is 1. The lowest BCUT2D eigenvalue weighted by atomic mass is 10.1. The normalized spacial score (nSPS) is 11.6. The molecule has 0 fully saturated rings. The Hall–Kier alpha value is -1.87. The number of nitrogens with zero attached hydrogens (tertiary/aromatic N) is 2. The van der Waals surface area contributed by atoms with E-state index in [0.717, 1.165) is 38.3 Å². The summed E-state index contributed by atoms with van der Waals surface area (Å²) < 4.78 is 0. The lowest BCUT2D eigenvalue weighted by molar-refractivity contribution is 0.424. The van der Waals surface area contributed by atoms with Crippen LogP contribution in [0.4, 0.5) is 5.82 Å². The van der Waals surface area contributed by atoms with Gasteiger partial charge >= 0.3 is 0 Å². The highest BCUT2D eigenvalue weighted by atomic mass is 15.2. The Bertz CT molecular complexity index is 644. The topological polar surface area (TPSA) is 28.2 Å². The highest BCUT2D eigenvalue weighted by Gasteiger charge is 2.13. The molecule has 0 radical (unpaired) electrons. The van der Waals surface area contributed by atoms with Gasteiger partial charge in [-0.2, -0.15) is 0 Å². The summed E-state index contributed by atoms with van der Waals surface area (Å²) in [7, 11) is 0. The smallest absolute Gasteiger partial charge is 0.129 e. The number of nitrogens with one attached hydrogen (secondary N) is 1. The highest BCUT2D eigenvalue weighted by molar-refractivity contribution is 5.43. The van der Waals surface area contributed by atoms with Crippen LogP contribution >= 0.6 is 0 Å². The third-order valence-electron chi connectivity index (χ3n) is 4.18. The van der Waals surface area contributed by atoms with Crippen molar-refractivity contribution in [3.8, 4) is 0 Å². The van der Waals surface area contributed by atoms with E-state index in [2.05, 4.69) is 87.3 Å². The molecule has 136 valence electrons. The monoisotopic (exact) mass is 339 g/mol. The molecule has 1 N–H and O–H groups in total. The van der Waals surface area contributed by atoms with Crippen molar-refractivity contribution in [1.82, 2.24) is 10.3 Å². The van der Waals surface area contributed by atoms with Crippen molar-refractivity contribution in [2.45, 2.75) is 66.1 Å². The second-order valence-electron chi connectivity index (χ2n) is 7.68. The van der Waals surface area contributed by atoms with Gasteiger partial charge in [0, 0.05) is 30.9 Å². The van der Waals surface area contributed by atoms with Gasteiger partial charge in [0.1, 0.15) is 5.82 Å². The fourth-order valence-electron chi connectivity index (χ4n) is 2.81. The predicted molar refractivity (Wildman–Crippen MR) is 108 cm³/mol. The molecule has 3 heteroatoms. The van der Waals surface area contributed by atoms with Gasteiger partial charge in [0.15, 0.2) is 0 Å². The maximum absolute atomic E-state index is 4.93. The molecule has 0 bridgehead atoms. The van der Waals surface area contributed by atoms with E-state index in [1.54, 1.807) is 0 Å². The number of pyridine rings is 1. The maximum atomic E-state index is 4.93. The van der Waals surface area contributed by atoms with Crippen molar-refractivity contribution >= 4 is 5.82 Å². The molecule has 1 aromatic heterocycles. The molecule has 0 saturated carbocycles. The molecule has 2 aromatic rings. The molecule has 0 aliphatic carbocycles.